The van der Waals surface area contributed by atoms with Gasteiger partial charge >= 0.3 is 11.9 Å². The molecule has 7 heteroatoms. The van der Waals surface area contributed by atoms with Crippen molar-refractivity contribution in [1.29, 1.82) is 0 Å². The topological polar surface area (TPSA) is 55.8 Å². The van der Waals surface area contributed by atoms with Gasteiger partial charge < -0.3 is 9.68 Å². The fourth-order valence-electron chi connectivity index (χ4n) is 1.66. The van der Waals surface area contributed by atoms with E-state index in [1.165, 1.54) is 13.8 Å². The number of rotatable bonds is 3. The first-order valence-electron chi connectivity index (χ1n) is 5.34. The van der Waals surface area contributed by atoms with Gasteiger partial charge in [0.15, 0.2) is 0 Å². The van der Waals surface area contributed by atoms with Crippen molar-refractivity contribution in [3.63, 3.8) is 0 Å². The third kappa shape index (κ3) is 5.10. The second-order valence-electron chi connectivity index (χ2n) is 4.04. The van der Waals surface area contributed by atoms with Gasteiger partial charge in [0.05, 0.1) is 6.04 Å². The maximum absolute atomic E-state index is 10.9. The van der Waals surface area contributed by atoms with Crippen molar-refractivity contribution in [3.8, 4) is 0 Å². The molecule has 1 saturated carbocycles. The number of carbonyl (C=O) groups excluding carboxylic acids is 2. The molecule has 1 fully saturated rings. The van der Waals surface area contributed by atoms with Crippen molar-refractivity contribution >= 4 is 35.1 Å². The van der Waals surface area contributed by atoms with Gasteiger partial charge in [0.2, 0.25) is 0 Å². The van der Waals surface area contributed by atoms with E-state index < -0.39 is 16.3 Å². The van der Waals surface area contributed by atoms with Crippen molar-refractivity contribution in [1.82, 2.24) is 5.23 Å². The zero-order chi connectivity index (χ0) is 13.1. The van der Waals surface area contributed by atoms with E-state index >= 15 is 0 Å². The minimum atomic E-state index is -0.741. The van der Waals surface area contributed by atoms with Crippen LogP contribution in [0, 0.1) is 0 Å². The van der Waals surface area contributed by atoms with Crippen LogP contribution in [0.3, 0.4) is 0 Å². The molecule has 0 saturated heterocycles. The van der Waals surface area contributed by atoms with E-state index in [1.54, 1.807) is 0 Å². The van der Waals surface area contributed by atoms with Gasteiger partial charge in [-0.15, -0.1) is 23.2 Å². The molecule has 0 radical (unpaired) electrons. The lowest BCUT2D eigenvalue weighted by Gasteiger charge is -2.34. The third-order valence-electron chi connectivity index (χ3n) is 2.42. The van der Waals surface area contributed by atoms with Gasteiger partial charge in [-0.1, -0.05) is 0 Å². The zero-order valence-corrected chi connectivity index (χ0v) is 11.3. The van der Waals surface area contributed by atoms with Crippen LogP contribution in [0.5, 0.6) is 0 Å². The quantitative estimate of drug-likeness (QED) is 0.588. The van der Waals surface area contributed by atoms with Crippen LogP contribution >= 0.6 is 23.2 Å². The Morgan fingerprint density at radius 3 is 1.88 bits per heavy atom. The van der Waals surface area contributed by atoms with E-state index in [1.807, 2.05) is 0 Å². The minimum absolute atomic E-state index is 0.201. The molecule has 0 atom stereocenters. The van der Waals surface area contributed by atoms with Gasteiger partial charge in [-0.25, -0.2) is 0 Å². The Labute approximate surface area is 110 Å². The average molecular weight is 284 g/mol. The van der Waals surface area contributed by atoms with E-state index in [0.29, 0.717) is 25.7 Å². The summed E-state index contributed by atoms with van der Waals surface area (Å²) in [6, 6.07) is -0.201. The summed E-state index contributed by atoms with van der Waals surface area (Å²) in [5, 5.41) is 0.952. The van der Waals surface area contributed by atoms with Crippen molar-refractivity contribution in [2.45, 2.75) is 49.9 Å². The predicted octanol–water partition coefficient (Wildman–Crippen LogP) is 2.36. The van der Waals surface area contributed by atoms with Gasteiger partial charge in [-0.2, -0.15) is 0 Å². The summed E-state index contributed by atoms with van der Waals surface area (Å²) >= 11 is 12.0. The molecule has 1 rings (SSSR count). The van der Waals surface area contributed by atoms with Crippen LogP contribution in [0.2, 0.25) is 0 Å². The second kappa shape index (κ2) is 5.89. The molecule has 0 aromatic carbocycles. The van der Waals surface area contributed by atoms with Crippen LogP contribution in [0.1, 0.15) is 39.5 Å². The van der Waals surface area contributed by atoms with E-state index in [9.17, 15) is 9.59 Å². The number of hydroxylamine groups is 2. The highest BCUT2D eigenvalue weighted by Crippen LogP contribution is 2.39. The molecule has 98 valence electrons. The highest BCUT2D eigenvalue weighted by Gasteiger charge is 2.36. The summed E-state index contributed by atoms with van der Waals surface area (Å²) in [5.74, 6) is -1.08. The number of hydrogen-bond acceptors (Lipinski definition) is 5. The average Bonchev–Trinajstić information content (AvgIpc) is 2.14. The summed E-state index contributed by atoms with van der Waals surface area (Å²) in [5.41, 5.74) is 0. The Bertz CT molecular complexity index is 283. The molecule has 0 aliphatic heterocycles. The lowest BCUT2D eigenvalue weighted by Crippen LogP contribution is -2.42. The zero-order valence-electron chi connectivity index (χ0n) is 9.74. The molecule has 0 spiro atoms. The van der Waals surface area contributed by atoms with Gasteiger partial charge in [0.25, 0.3) is 0 Å². The minimum Gasteiger partial charge on any atom is -0.333 e. The first-order valence-corrected chi connectivity index (χ1v) is 6.10. The molecule has 0 aromatic rings. The van der Waals surface area contributed by atoms with Crippen LogP contribution in [0.15, 0.2) is 0 Å². The van der Waals surface area contributed by atoms with Crippen molar-refractivity contribution in [2.24, 2.45) is 0 Å². The summed E-state index contributed by atoms with van der Waals surface area (Å²) < 4.78 is -0.741. The first kappa shape index (κ1) is 14.5. The van der Waals surface area contributed by atoms with Crippen LogP contribution in [0.4, 0.5) is 0 Å². The number of alkyl halides is 2. The Morgan fingerprint density at radius 2 is 1.53 bits per heavy atom. The monoisotopic (exact) mass is 283 g/mol. The molecule has 0 bridgehead atoms. The SMILES string of the molecule is CC(=O)ON(OC(C)=O)C1CCC(Cl)(Cl)CC1. The predicted molar refractivity (Wildman–Crippen MR) is 62.1 cm³/mol. The van der Waals surface area contributed by atoms with Crippen LogP contribution in [-0.2, 0) is 19.3 Å². The molecule has 1 aliphatic carbocycles. The fraction of sp³-hybridized carbons (Fsp3) is 0.800. The van der Waals surface area contributed by atoms with E-state index in [2.05, 4.69) is 0 Å². The molecule has 0 amide bonds. The molecular weight excluding hydrogens is 269 g/mol. The molecular formula is C10H15Cl2NO4. The van der Waals surface area contributed by atoms with Crippen molar-refractivity contribution < 1.29 is 19.3 Å². The van der Waals surface area contributed by atoms with Crippen molar-refractivity contribution in [3.05, 3.63) is 0 Å². The highest BCUT2D eigenvalue weighted by molar-refractivity contribution is 6.48. The second-order valence-corrected chi connectivity index (χ2v) is 5.68. The van der Waals surface area contributed by atoms with Crippen molar-refractivity contribution in [2.75, 3.05) is 0 Å². The van der Waals surface area contributed by atoms with Crippen LogP contribution in [-0.4, -0.2) is 27.5 Å². The summed E-state index contributed by atoms with van der Waals surface area (Å²) in [6.07, 6.45) is 2.29. The Hall–Kier alpha value is -0.520. The maximum Gasteiger partial charge on any atom is 0.326 e. The van der Waals surface area contributed by atoms with Gasteiger partial charge in [0, 0.05) is 19.1 Å². The molecule has 17 heavy (non-hydrogen) atoms. The number of carbonyl (C=O) groups is 2. The molecule has 0 unspecified atom stereocenters. The summed E-state index contributed by atoms with van der Waals surface area (Å²) in [4.78, 5) is 31.5. The standard InChI is InChI=1S/C10H15Cl2NO4/c1-7(14)16-13(17-8(2)15)9-3-5-10(11,12)6-4-9/h9H,3-6H2,1-2H3. The smallest absolute Gasteiger partial charge is 0.326 e. The number of halogens is 2. The van der Waals surface area contributed by atoms with Gasteiger partial charge in [-0.05, 0) is 25.7 Å². The van der Waals surface area contributed by atoms with Crippen LogP contribution in [0.25, 0.3) is 0 Å². The molecule has 0 N–H and O–H groups in total. The van der Waals surface area contributed by atoms with E-state index in [-0.39, 0.29) is 6.04 Å². The Morgan fingerprint density at radius 1 is 1.12 bits per heavy atom. The number of nitrogens with zero attached hydrogens (tertiary/aromatic N) is 1. The molecule has 5 nitrogen and oxygen atoms in total. The first-order chi connectivity index (χ1) is 7.80. The highest BCUT2D eigenvalue weighted by atomic mass is 35.5. The normalized spacial score (nSPS) is 20.1. The van der Waals surface area contributed by atoms with E-state index in [0.717, 1.165) is 5.23 Å². The van der Waals surface area contributed by atoms with Crippen LogP contribution < -0.4 is 0 Å². The van der Waals surface area contributed by atoms with Gasteiger partial charge in [-0.3, -0.25) is 9.59 Å². The third-order valence-corrected chi connectivity index (χ3v) is 3.18. The Balaban J connectivity index is 2.58. The largest absolute Gasteiger partial charge is 0.333 e. The summed E-state index contributed by atoms with van der Waals surface area (Å²) in [7, 11) is 0. The number of hydrogen-bond donors (Lipinski definition) is 0. The summed E-state index contributed by atoms with van der Waals surface area (Å²) in [6.45, 7) is 2.49. The lowest BCUT2D eigenvalue weighted by atomic mass is 9.95. The molecule has 1 aliphatic rings. The molecule has 0 aromatic heterocycles. The maximum atomic E-state index is 10.9. The Kier molecular flexibility index (Phi) is 5.04. The molecule has 0 heterocycles. The van der Waals surface area contributed by atoms with E-state index in [4.69, 9.17) is 32.9 Å². The van der Waals surface area contributed by atoms with Gasteiger partial charge in [0.1, 0.15) is 4.33 Å². The lowest BCUT2D eigenvalue weighted by molar-refractivity contribution is -0.345. The fourth-order valence-corrected chi connectivity index (χ4v) is 2.09.